The Bertz CT molecular complexity index is 1410. The number of hydrogen-bond donors (Lipinski definition) is 1. The zero-order valence-corrected chi connectivity index (χ0v) is 17.1. The van der Waals surface area contributed by atoms with Gasteiger partial charge in [0, 0.05) is 35.2 Å². The van der Waals surface area contributed by atoms with Crippen molar-refractivity contribution in [3.8, 4) is 5.75 Å². The molecular weight excluding hydrogens is 376 g/mol. The van der Waals surface area contributed by atoms with Gasteiger partial charge in [-0.1, -0.05) is 0 Å². The number of nitrogens with zero attached hydrogens (tertiary/aromatic N) is 3. The van der Waals surface area contributed by atoms with Crippen LogP contribution in [-0.2, 0) is 11.3 Å². The van der Waals surface area contributed by atoms with E-state index in [1.807, 2.05) is 66.1 Å². The average Bonchev–Trinajstić information content (AvgIpc) is 3.52. The van der Waals surface area contributed by atoms with Crippen LogP contribution in [0.5, 0.6) is 5.75 Å². The van der Waals surface area contributed by atoms with Gasteiger partial charge in [0.2, 0.25) is 0 Å². The van der Waals surface area contributed by atoms with Gasteiger partial charge in [-0.3, -0.25) is 0 Å². The van der Waals surface area contributed by atoms with Gasteiger partial charge < -0.3 is 19.0 Å². The first-order chi connectivity index (χ1) is 15.1. The normalized spacial score (nSPS) is 13.2. The predicted molar refractivity (Wildman–Crippen MR) is 121 cm³/mol. The van der Waals surface area contributed by atoms with Crippen molar-refractivity contribution in [3.05, 3.63) is 65.2 Å². The number of rotatable bonds is 3. The minimum atomic E-state index is 0.326. The Morgan fingerprint density at radius 1 is 0.967 bits per heavy atom. The minimum Gasteiger partial charge on any atom is -0.494 e. The molecule has 0 aromatic carbocycles. The van der Waals surface area contributed by atoms with Gasteiger partial charge >= 0.3 is 0 Å². The number of aryl methyl sites for hydroxylation is 1. The highest BCUT2D eigenvalue weighted by Crippen LogP contribution is 2.29. The molecule has 0 fully saturated rings. The third-order valence-electron chi connectivity index (χ3n) is 5.16. The van der Waals surface area contributed by atoms with E-state index < -0.39 is 0 Å². The van der Waals surface area contributed by atoms with Gasteiger partial charge in [-0.15, -0.1) is 0 Å². The fourth-order valence-electron chi connectivity index (χ4n) is 3.77. The smallest absolute Gasteiger partial charge is 0.146 e. The maximum atomic E-state index is 8.70. The molecule has 150 valence electrons. The summed E-state index contributed by atoms with van der Waals surface area (Å²) in [4.78, 5) is 12.8. The van der Waals surface area contributed by atoms with E-state index in [2.05, 4.69) is 4.98 Å². The van der Waals surface area contributed by atoms with Gasteiger partial charge in [-0.25, -0.2) is 9.97 Å². The molecule has 6 heteroatoms. The Balaban J connectivity index is 1.95. The largest absolute Gasteiger partial charge is 0.494 e. The van der Waals surface area contributed by atoms with E-state index in [4.69, 9.17) is 20.8 Å². The van der Waals surface area contributed by atoms with Crippen LogP contribution in [0.15, 0.2) is 42.4 Å². The van der Waals surface area contributed by atoms with Crippen LogP contribution in [0, 0.1) is 0 Å². The second kappa shape index (κ2) is 7.22. The summed E-state index contributed by atoms with van der Waals surface area (Å²) in [5, 5.41) is 0. The third kappa shape index (κ3) is 3.16. The molecule has 5 heterocycles. The summed E-state index contributed by atoms with van der Waals surface area (Å²) >= 11 is 0. The zero-order valence-electron chi connectivity index (χ0n) is 18.1. The third-order valence-corrected chi connectivity index (χ3v) is 5.16. The molecule has 0 amide bonds. The van der Waals surface area contributed by atoms with Crippen molar-refractivity contribution in [2.45, 2.75) is 13.5 Å². The van der Waals surface area contributed by atoms with Gasteiger partial charge in [0.05, 0.1) is 38.2 Å². The molecule has 0 saturated carbocycles. The van der Waals surface area contributed by atoms with Crippen molar-refractivity contribution >= 4 is 46.1 Å². The lowest BCUT2D eigenvalue weighted by Gasteiger charge is -2.02. The van der Waals surface area contributed by atoms with Gasteiger partial charge in [0.15, 0.2) is 0 Å². The summed E-state index contributed by atoms with van der Waals surface area (Å²) in [7, 11) is 3.23. The average molecular weight is 399 g/mol. The van der Waals surface area contributed by atoms with Crippen molar-refractivity contribution in [2.75, 3.05) is 14.2 Å². The SMILES string of the molecule is [2H]c1c(OC)c2cc3nc(cc4ccc(cc5nc(cc1n2CC)C=C5)[nH]4)C(OC)=C3. The van der Waals surface area contributed by atoms with Crippen molar-refractivity contribution in [3.63, 3.8) is 0 Å². The van der Waals surface area contributed by atoms with Crippen molar-refractivity contribution in [2.24, 2.45) is 0 Å². The summed E-state index contributed by atoms with van der Waals surface area (Å²) in [6.07, 6.45) is 5.82. The molecule has 0 spiro atoms. The molecule has 0 saturated heterocycles. The minimum absolute atomic E-state index is 0.326. The fourth-order valence-corrected chi connectivity index (χ4v) is 3.77. The van der Waals surface area contributed by atoms with E-state index in [1.54, 1.807) is 14.2 Å². The maximum absolute atomic E-state index is 8.70. The van der Waals surface area contributed by atoms with Crippen molar-refractivity contribution in [1.29, 1.82) is 0 Å². The fraction of sp³-hybridized carbons (Fsp3) is 0.167. The molecule has 2 aliphatic rings. The Hall–Kier alpha value is -3.80. The van der Waals surface area contributed by atoms with Crippen LogP contribution in [-0.4, -0.2) is 33.7 Å². The number of hydrogen-bond acceptors (Lipinski definition) is 4. The Morgan fingerprint density at radius 3 is 2.47 bits per heavy atom. The molecule has 0 atom stereocenters. The van der Waals surface area contributed by atoms with Crippen LogP contribution in [0.1, 0.15) is 31.1 Å². The maximum Gasteiger partial charge on any atom is 0.146 e. The molecule has 2 aliphatic heterocycles. The van der Waals surface area contributed by atoms with Crippen LogP contribution in [0.2, 0.25) is 0 Å². The lowest BCUT2D eigenvalue weighted by Crippen LogP contribution is -1.93. The number of aromatic amines is 1. The molecule has 1 N–H and O–H groups in total. The van der Waals surface area contributed by atoms with Gasteiger partial charge in [-0.05, 0) is 55.5 Å². The molecule has 0 unspecified atom stereocenters. The summed E-state index contributed by atoms with van der Waals surface area (Å²) < 4.78 is 21.9. The monoisotopic (exact) mass is 399 g/mol. The highest BCUT2D eigenvalue weighted by molar-refractivity contribution is 5.83. The Labute approximate surface area is 175 Å². The van der Waals surface area contributed by atoms with Crippen molar-refractivity contribution < 1.29 is 10.8 Å². The van der Waals surface area contributed by atoms with E-state index in [9.17, 15) is 0 Å². The quantitative estimate of drug-likeness (QED) is 0.519. The number of nitrogens with one attached hydrogen (secondary N) is 1. The van der Waals surface area contributed by atoms with Gasteiger partial charge in [0.25, 0.3) is 0 Å². The number of H-pyrrole nitrogens is 1. The molecule has 5 rings (SSSR count). The first-order valence-corrected chi connectivity index (χ1v) is 9.80. The lowest BCUT2D eigenvalue weighted by molar-refractivity contribution is 0.372. The predicted octanol–water partition coefficient (Wildman–Crippen LogP) is 5.13. The summed E-state index contributed by atoms with van der Waals surface area (Å²) in [5.74, 6) is 1.20. The highest BCUT2D eigenvalue weighted by Gasteiger charge is 2.13. The Kier molecular flexibility index (Phi) is 4.12. The van der Waals surface area contributed by atoms with Crippen LogP contribution < -0.4 is 4.74 Å². The number of methoxy groups -OCH3 is 2. The highest BCUT2D eigenvalue weighted by atomic mass is 16.5. The van der Waals surface area contributed by atoms with Gasteiger partial charge in [-0.2, -0.15) is 0 Å². The first kappa shape index (κ1) is 17.1. The van der Waals surface area contributed by atoms with Gasteiger partial charge in [0.1, 0.15) is 17.2 Å². The topological polar surface area (TPSA) is 65.0 Å². The van der Waals surface area contributed by atoms with E-state index in [-0.39, 0.29) is 0 Å². The number of fused-ring (bicyclic) bond motifs is 8. The molecule has 6 nitrogen and oxygen atoms in total. The Morgan fingerprint density at radius 2 is 1.73 bits per heavy atom. The molecule has 0 aliphatic carbocycles. The number of aromatic nitrogens is 4. The first-order valence-electron chi connectivity index (χ1n) is 10.3. The molecule has 3 aromatic heterocycles. The van der Waals surface area contributed by atoms with Crippen LogP contribution in [0.25, 0.3) is 46.1 Å². The van der Waals surface area contributed by atoms with Crippen molar-refractivity contribution in [1.82, 2.24) is 19.5 Å². The molecule has 30 heavy (non-hydrogen) atoms. The van der Waals surface area contributed by atoms with Crippen LogP contribution >= 0.6 is 0 Å². The molecule has 0 radical (unpaired) electrons. The summed E-state index contributed by atoms with van der Waals surface area (Å²) in [6.45, 7) is 2.72. The molecular formula is C24H22N4O2. The molecule has 3 aromatic rings. The second-order valence-electron chi connectivity index (χ2n) is 7.05. The lowest BCUT2D eigenvalue weighted by atomic mass is 10.3. The van der Waals surface area contributed by atoms with E-state index >= 15 is 0 Å². The van der Waals surface area contributed by atoms with Crippen LogP contribution in [0.4, 0.5) is 0 Å². The standard InChI is InChI=1S/C24H22N4O2/c1-4-28-20-10-17-7-5-15(25-17)9-16-6-8-18(26-16)11-21-23(29-2)13-19(27-21)12-22(28)24(14-20)30-3/h5-14,26H,4H2,1-3H3/i14D. The second-order valence-corrected chi connectivity index (χ2v) is 7.05. The zero-order chi connectivity index (χ0) is 21.5. The summed E-state index contributed by atoms with van der Waals surface area (Å²) in [6, 6.07) is 12.1. The van der Waals surface area contributed by atoms with E-state index in [0.29, 0.717) is 24.1 Å². The summed E-state index contributed by atoms with van der Waals surface area (Å²) in [5.41, 5.74) is 6.51. The molecule has 8 bridgehead atoms. The number of ether oxygens (including phenoxy) is 2. The van der Waals surface area contributed by atoms with E-state index in [0.717, 1.165) is 44.8 Å². The van der Waals surface area contributed by atoms with E-state index in [1.165, 1.54) is 0 Å². The van der Waals surface area contributed by atoms with Crippen LogP contribution in [0.3, 0.4) is 0 Å².